The first-order valence-corrected chi connectivity index (χ1v) is 7.95. The molecular weight excluding hydrogens is 284 g/mol. The number of nitrogens with one attached hydrogen (secondary N) is 1. The number of thiazole rings is 1. The van der Waals surface area contributed by atoms with Crippen molar-refractivity contribution in [3.8, 4) is 22.1 Å². The summed E-state index contributed by atoms with van der Waals surface area (Å²) in [5.41, 5.74) is 2.26. The maximum atomic E-state index is 5.53. The lowest BCUT2D eigenvalue weighted by molar-refractivity contribution is 0.356. The van der Waals surface area contributed by atoms with Crippen LogP contribution in [-0.2, 0) is 6.54 Å². The first-order valence-electron chi connectivity index (χ1n) is 7.14. The van der Waals surface area contributed by atoms with Gasteiger partial charge in [0.15, 0.2) is 11.5 Å². The van der Waals surface area contributed by atoms with E-state index in [1.165, 1.54) is 23.4 Å². The van der Waals surface area contributed by atoms with Crippen LogP contribution < -0.4 is 14.8 Å². The van der Waals surface area contributed by atoms with E-state index in [2.05, 4.69) is 5.32 Å². The Bertz CT molecular complexity index is 635. The van der Waals surface area contributed by atoms with E-state index >= 15 is 0 Å². The highest BCUT2D eigenvalue weighted by atomic mass is 32.1. The largest absolute Gasteiger partial charge is 0.493 e. The summed E-state index contributed by atoms with van der Waals surface area (Å²) < 4.78 is 10.9. The zero-order chi connectivity index (χ0) is 14.8. The Morgan fingerprint density at radius 1 is 1.29 bits per heavy atom. The third kappa shape index (κ3) is 2.76. The standard InChI is InChI=1S/C16H20N2O2S/c1-17-9-13-14(10-7-8-10)18-16(21-13)11-5-4-6-12(19-2)15(11)20-3/h4-6,10,17H,7-9H2,1-3H3. The summed E-state index contributed by atoms with van der Waals surface area (Å²) in [5.74, 6) is 2.15. The second-order valence-corrected chi connectivity index (χ2v) is 6.26. The third-order valence-electron chi connectivity index (χ3n) is 3.66. The fourth-order valence-corrected chi connectivity index (χ4v) is 3.68. The van der Waals surface area contributed by atoms with Crippen LogP contribution in [0.5, 0.6) is 11.5 Å². The molecule has 0 bridgehead atoms. The molecule has 112 valence electrons. The molecule has 0 atom stereocenters. The minimum Gasteiger partial charge on any atom is -0.493 e. The average molecular weight is 304 g/mol. The topological polar surface area (TPSA) is 43.4 Å². The van der Waals surface area contributed by atoms with E-state index in [1.807, 2.05) is 25.2 Å². The van der Waals surface area contributed by atoms with E-state index in [4.69, 9.17) is 14.5 Å². The highest BCUT2D eigenvalue weighted by molar-refractivity contribution is 7.15. The van der Waals surface area contributed by atoms with Crippen LogP contribution in [0, 0.1) is 0 Å². The number of ether oxygens (including phenoxy) is 2. The molecule has 0 radical (unpaired) electrons. The van der Waals surface area contributed by atoms with E-state index in [-0.39, 0.29) is 0 Å². The average Bonchev–Trinajstić information content (AvgIpc) is 3.28. The summed E-state index contributed by atoms with van der Waals surface area (Å²) in [6.07, 6.45) is 2.52. The van der Waals surface area contributed by atoms with Gasteiger partial charge in [-0.3, -0.25) is 0 Å². The lowest BCUT2D eigenvalue weighted by atomic mass is 10.2. The number of hydrogen-bond acceptors (Lipinski definition) is 5. The van der Waals surface area contributed by atoms with Crippen LogP contribution in [0.3, 0.4) is 0 Å². The molecule has 1 heterocycles. The van der Waals surface area contributed by atoms with E-state index in [9.17, 15) is 0 Å². The van der Waals surface area contributed by atoms with Crippen molar-refractivity contribution < 1.29 is 9.47 Å². The van der Waals surface area contributed by atoms with Gasteiger partial charge >= 0.3 is 0 Å². The molecule has 5 heteroatoms. The second kappa shape index (κ2) is 6.03. The van der Waals surface area contributed by atoms with Gasteiger partial charge in [0.1, 0.15) is 5.01 Å². The number of aromatic nitrogens is 1. The molecule has 0 saturated heterocycles. The van der Waals surface area contributed by atoms with Gasteiger partial charge in [0.25, 0.3) is 0 Å². The summed E-state index contributed by atoms with van der Waals surface area (Å²) in [4.78, 5) is 6.22. The van der Waals surface area contributed by atoms with Gasteiger partial charge in [0.05, 0.1) is 25.5 Å². The number of benzene rings is 1. The van der Waals surface area contributed by atoms with Crippen LogP contribution in [0.2, 0.25) is 0 Å². The maximum absolute atomic E-state index is 5.53. The Balaban J connectivity index is 2.06. The van der Waals surface area contributed by atoms with Crippen LogP contribution in [0.4, 0.5) is 0 Å². The van der Waals surface area contributed by atoms with Crippen LogP contribution in [0.1, 0.15) is 29.3 Å². The van der Waals surface area contributed by atoms with E-state index in [0.29, 0.717) is 5.92 Å². The van der Waals surface area contributed by atoms with E-state index < -0.39 is 0 Å². The van der Waals surface area contributed by atoms with Gasteiger partial charge in [-0.2, -0.15) is 0 Å². The predicted molar refractivity (Wildman–Crippen MR) is 85.4 cm³/mol. The Morgan fingerprint density at radius 3 is 2.71 bits per heavy atom. The molecule has 1 saturated carbocycles. The van der Waals surface area contributed by atoms with E-state index in [1.54, 1.807) is 25.6 Å². The first kappa shape index (κ1) is 14.4. The van der Waals surface area contributed by atoms with Crippen molar-refractivity contribution in [2.24, 2.45) is 0 Å². The summed E-state index contributed by atoms with van der Waals surface area (Å²) in [5, 5.41) is 4.25. The molecule has 2 aromatic rings. The summed E-state index contributed by atoms with van der Waals surface area (Å²) >= 11 is 1.75. The van der Waals surface area contributed by atoms with Gasteiger partial charge in [-0.25, -0.2) is 4.98 Å². The number of rotatable bonds is 6. The molecule has 0 aliphatic heterocycles. The fourth-order valence-electron chi connectivity index (χ4n) is 2.50. The number of methoxy groups -OCH3 is 2. The summed E-state index contributed by atoms with van der Waals surface area (Å²) in [6.45, 7) is 0.871. The molecule has 0 spiro atoms. The van der Waals surface area contributed by atoms with E-state index in [0.717, 1.165) is 28.6 Å². The summed E-state index contributed by atoms with van der Waals surface area (Å²) in [7, 11) is 5.30. The highest BCUT2D eigenvalue weighted by Crippen LogP contribution is 2.46. The van der Waals surface area contributed by atoms with Crippen molar-refractivity contribution in [3.05, 3.63) is 28.8 Å². The summed E-state index contributed by atoms with van der Waals surface area (Å²) in [6, 6.07) is 5.93. The van der Waals surface area contributed by atoms with Gasteiger partial charge < -0.3 is 14.8 Å². The minimum atomic E-state index is 0.648. The number of hydrogen-bond donors (Lipinski definition) is 1. The minimum absolute atomic E-state index is 0.648. The quantitative estimate of drug-likeness (QED) is 0.888. The molecule has 1 aliphatic rings. The van der Waals surface area contributed by atoms with Crippen LogP contribution in [-0.4, -0.2) is 26.3 Å². The van der Waals surface area contributed by atoms with Gasteiger partial charge in [0.2, 0.25) is 0 Å². The number of nitrogens with zero attached hydrogens (tertiary/aromatic N) is 1. The normalized spacial score (nSPS) is 14.2. The molecule has 1 aromatic heterocycles. The van der Waals surface area contributed by atoms with Gasteiger partial charge in [-0.05, 0) is 32.0 Å². The molecule has 4 nitrogen and oxygen atoms in total. The Hall–Kier alpha value is -1.59. The molecule has 0 amide bonds. The van der Waals surface area contributed by atoms with Crippen molar-refractivity contribution in [1.82, 2.24) is 10.3 Å². The highest BCUT2D eigenvalue weighted by Gasteiger charge is 2.30. The fraction of sp³-hybridized carbons (Fsp3) is 0.438. The Kier molecular flexibility index (Phi) is 4.12. The maximum Gasteiger partial charge on any atom is 0.170 e. The van der Waals surface area contributed by atoms with Crippen molar-refractivity contribution in [1.29, 1.82) is 0 Å². The van der Waals surface area contributed by atoms with Crippen molar-refractivity contribution in [2.75, 3.05) is 21.3 Å². The zero-order valence-corrected chi connectivity index (χ0v) is 13.4. The Labute approximate surface area is 129 Å². The SMILES string of the molecule is CNCc1sc(-c2cccc(OC)c2OC)nc1C1CC1. The molecule has 1 fully saturated rings. The predicted octanol–water partition coefficient (Wildman–Crippen LogP) is 3.42. The van der Waals surface area contributed by atoms with Gasteiger partial charge in [-0.15, -0.1) is 11.3 Å². The smallest absolute Gasteiger partial charge is 0.170 e. The molecule has 3 rings (SSSR count). The molecular formula is C16H20N2O2S. The third-order valence-corrected chi connectivity index (χ3v) is 4.77. The van der Waals surface area contributed by atoms with Crippen molar-refractivity contribution in [2.45, 2.75) is 25.3 Å². The monoisotopic (exact) mass is 304 g/mol. The molecule has 0 unspecified atom stereocenters. The van der Waals surface area contributed by atoms with Crippen molar-refractivity contribution >= 4 is 11.3 Å². The van der Waals surface area contributed by atoms with Crippen molar-refractivity contribution in [3.63, 3.8) is 0 Å². The van der Waals surface area contributed by atoms with Gasteiger partial charge in [0, 0.05) is 17.3 Å². The first-order chi connectivity index (χ1) is 10.3. The number of para-hydroxylation sites is 1. The lowest BCUT2D eigenvalue weighted by Gasteiger charge is -2.10. The van der Waals surface area contributed by atoms with Crippen LogP contribution >= 0.6 is 11.3 Å². The second-order valence-electron chi connectivity index (χ2n) is 5.17. The lowest BCUT2D eigenvalue weighted by Crippen LogP contribution is -2.05. The zero-order valence-electron chi connectivity index (χ0n) is 12.6. The molecule has 1 aliphatic carbocycles. The van der Waals surface area contributed by atoms with Crippen LogP contribution in [0.15, 0.2) is 18.2 Å². The van der Waals surface area contributed by atoms with Crippen LogP contribution in [0.25, 0.3) is 10.6 Å². The molecule has 21 heavy (non-hydrogen) atoms. The Morgan fingerprint density at radius 2 is 2.10 bits per heavy atom. The molecule has 1 aromatic carbocycles. The molecule has 1 N–H and O–H groups in total. The van der Waals surface area contributed by atoms with Gasteiger partial charge in [-0.1, -0.05) is 6.07 Å².